The SMILES string of the molecule is CC(C)c1cc2ccc(CNCC3CCNCC3)cc2[nH]1. The molecule has 2 heterocycles. The van der Waals surface area contributed by atoms with Crippen molar-refractivity contribution in [2.45, 2.75) is 39.2 Å². The molecule has 3 N–H and O–H groups in total. The minimum atomic E-state index is 0.555. The van der Waals surface area contributed by atoms with Gasteiger partial charge in [0.2, 0.25) is 0 Å². The van der Waals surface area contributed by atoms with Gasteiger partial charge in [0.15, 0.2) is 0 Å². The van der Waals surface area contributed by atoms with Gasteiger partial charge in [-0.25, -0.2) is 0 Å². The maximum absolute atomic E-state index is 3.62. The molecular formula is C18H27N3. The smallest absolute Gasteiger partial charge is 0.0459 e. The number of piperidine rings is 1. The van der Waals surface area contributed by atoms with Crippen LogP contribution < -0.4 is 10.6 Å². The third-order valence-corrected chi connectivity index (χ3v) is 4.55. The van der Waals surface area contributed by atoms with Crippen LogP contribution in [0.4, 0.5) is 0 Å². The van der Waals surface area contributed by atoms with Crippen molar-refractivity contribution in [1.82, 2.24) is 15.6 Å². The van der Waals surface area contributed by atoms with E-state index in [-0.39, 0.29) is 0 Å². The molecule has 0 amide bonds. The lowest BCUT2D eigenvalue weighted by Gasteiger charge is -2.22. The second-order valence-corrected chi connectivity index (χ2v) is 6.63. The first-order valence-corrected chi connectivity index (χ1v) is 8.25. The highest BCUT2D eigenvalue weighted by Gasteiger charge is 2.12. The molecule has 3 nitrogen and oxygen atoms in total. The zero-order valence-electron chi connectivity index (χ0n) is 13.2. The van der Waals surface area contributed by atoms with Crippen LogP contribution in [0.1, 0.15) is 43.9 Å². The summed E-state index contributed by atoms with van der Waals surface area (Å²) in [6, 6.07) is 9.04. The molecule has 1 aliphatic rings. The number of aromatic amines is 1. The van der Waals surface area contributed by atoms with Crippen molar-refractivity contribution < 1.29 is 0 Å². The van der Waals surface area contributed by atoms with Crippen LogP contribution in [0.15, 0.2) is 24.3 Å². The average molecular weight is 285 g/mol. The van der Waals surface area contributed by atoms with E-state index in [1.807, 2.05) is 0 Å². The molecule has 1 aromatic carbocycles. The van der Waals surface area contributed by atoms with Gasteiger partial charge in [0.05, 0.1) is 0 Å². The van der Waals surface area contributed by atoms with Crippen LogP contribution in [-0.4, -0.2) is 24.6 Å². The lowest BCUT2D eigenvalue weighted by Crippen LogP contribution is -2.33. The minimum Gasteiger partial charge on any atom is -0.358 e. The maximum Gasteiger partial charge on any atom is 0.0459 e. The summed E-state index contributed by atoms with van der Waals surface area (Å²) in [5.41, 5.74) is 3.96. The summed E-state index contributed by atoms with van der Waals surface area (Å²) in [6.07, 6.45) is 2.61. The predicted molar refractivity (Wildman–Crippen MR) is 89.7 cm³/mol. The number of nitrogens with one attached hydrogen (secondary N) is 3. The summed E-state index contributed by atoms with van der Waals surface area (Å²) < 4.78 is 0. The lowest BCUT2D eigenvalue weighted by atomic mass is 9.98. The minimum absolute atomic E-state index is 0.555. The Hall–Kier alpha value is -1.32. The fourth-order valence-corrected chi connectivity index (χ4v) is 3.12. The predicted octanol–water partition coefficient (Wildman–Crippen LogP) is 3.38. The van der Waals surface area contributed by atoms with Crippen LogP contribution in [0.3, 0.4) is 0 Å². The summed E-state index contributed by atoms with van der Waals surface area (Å²) in [6.45, 7) is 8.92. The first-order valence-electron chi connectivity index (χ1n) is 8.25. The molecule has 0 atom stereocenters. The van der Waals surface area contributed by atoms with E-state index in [0.717, 1.165) is 19.0 Å². The molecule has 0 unspecified atom stereocenters. The van der Waals surface area contributed by atoms with Crippen molar-refractivity contribution >= 4 is 10.9 Å². The van der Waals surface area contributed by atoms with Gasteiger partial charge in [0.1, 0.15) is 0 Å². The van der Waals surface area contributed by atoms with Crippen LogP contribution in [0.2, 0.25) is 0 Å². The monoisotopic (exact) mass is 285 g/mol. The average Bonchev–Trinajstić information content (AvgIpc) is 2.92. The van der Waals surface area contributed by atoms with Crippen LogP contribution in [-0.2, 0) is 6.54 Å². The van der Waals surface area contributed by atoms with Gasteiger partial charge in [0.25, 0.3) is 0 Å². The molecule has 2 aromatic rings. The Bertz CT molecular complexity index is 579. The van der Waals surface area contributed by atoms with Gasteiger partial charge in [-0.3, -0.25) is 0 Å². The highest BCUT2D eigenvalue weighted by atomic mass is 14.9. The molecular weight excluding hydrogens is 258 g/mol. The fourth-order valence-electron chi connectivity index (χ4n) is 3.12. The third-order valence-electron chi connectivity index (χ3n) is 4.55. The number of fused-ring (bicyclic) bond motifs is 1. The van der Waals surface area contributed by atoms with Crippen molar-refractivity contribution in [2.75, 3.05) is 19.6 Å². The molecule has 0 saturated carbocycles. The summed E-state index contributed by atoms with van der Waals surface area (Å²) >= 11 is 0. The summed E-state index contributed by atoms with van der Waals surface area (Å²) in [4.78, 5) is 3.54. The Kier molecular flexibility index (Phi) is 4.61. The molecule has 3 rings (SSSR count). The van der Waals surface area contributed by atoms with Crippen molar-refractivity contribution in [3.8, 4) is 0 Å². The van der Waals surface area contributed by atoms with Gasteiger partial charge in [0, 0.05) is 17.8 Å². The number of hydrogen-bond acceptors (Lipinski definition) is 2. The molecule has 3 heteroatoms. The van der Waals surface area contributed by atoms with Crippen molar-refractivity contribution in [3.63, 3.8) is 0 Å². The number of benzene rings is 1. The second kappa shape index (κ2) is 6.63. The van der Waals surface area contributed by atoms with Crippen molar-refractivity contribution in [3.05, 3.63) is 35.5 Å². The van der Waals surface area contributed by atoms with E-state index in [1.165, 1.54) is 48.1 Å². The van der Waals surface area contributed by atoms with E-state index < -0.39 is 0 Å². The van der Waals surface area contributed by atoms with E-state index >= 15 is 0 Å². The summed E-state index contributed by atoms with van der Waals surface area (Å²) in [5.74, 6) is 1.40. The van der Waals surface area contributed by atoms with E-state index in [2.05, 4.69) is 53.7 Å². The Labute approximate surface area is 127 Å². The van der Waals surface area contributed by atoms with E-state index in [1.54, 1.807) is 0 Å². The molecule has 1 aromatic heterocycles. The highest BCUT2D eigenvalue weighted by molar-refractivity contribution is 5.81. The molecule has 1 saturated heterocycles. The van der Waals surface area contributed by atoms with Crippen molar-refractivity contribution in [2.24, 2.45) is 5.92 Å². The Morgan fingerprint density at radius 3 is 2.76 bits per heavy atom. The zero-order valence-corrected chi connectivity index (χ0v) is 13.2. The van der Waals surface area contributed by atoms with Crippen LogP contribution in [0.5, 0.6) is 0 Å². The van der Waals surface area contributed by atoms with Gasteiger partial charge < -0.3 is 15.6 Å². The van der Waals surface area contributed by atoms with Crippen molar-refractivity contribution in [1.29, 1.82) is 0 Å². The molecule has 21 heavy (non-hydrogen) atoms. The lowest BCUT2D eigenvalue weighted by molar-refractivity contribution is 0.356. The number of H-pyrrole nitrogens is 1. The third kappa shape index (κ3) is 3.66. The van der Waals surface area contributed by atoms with E-state index in [0.29, 0.717) is 5.92 Å². The van der Waals surface area contributed by atoms with Gasteiger partial charge in [-0.05, 0) is 67.4 Å². The first kappa shape index (κ1) is 14.6. The first-order chi connectivity index (χ1) is 10.2. The normalized spacial score (nSPS) is 16.9. The van der Waals surface area contributed by atoms with Crippen LogP contribution in [0, 0.1) is 5.92 Å². The number of rotatable bonds is 5. The largest absolute Gasteiger partial charge is 0.358 e. The van der Waals surface area contributed by atoms with Gasteiger partial charge in [-0.15, -0.1) is 0 Å². The standard InChI is InChI=1S/C18H27N3/c1-13(2)17-10-16-4-3-15(9-18(16)21-17)12-20-11-14-5-7-19-8-6-14/h3-4,9-10,13-14,19-21H,5-8,11-12H2,1-2H3. The number of aromatic nitrogens is 1. The van der Waals surface area contributed by atoms with E-state index in [9.17, 15) is 0 Å². The maximum atomic E-state index is 3.62. The zero-order chi connectivity index (χ0) is 14.7. The van der Waals surface area contributed by atoms with Gasteiger partial charge >= 0.3 is 0 Å². The Morgan fingerprint density at radius 2 is 2.00 bits per heavy atom. The van der Waals surface area contributed by atoms with Gasteiger partial charge in [-0.1, -0.05) is 26.0 Å². The van der Waals surface area contributed by atoms with Crippen LogP contribution >= 0.6 is 0 Å². The topological polar surface area (TPSA) is 39.8 Å². The highest BCUT2D eigenvalue weighted by Crippen LogP contribution is 2.22. The quantitative estimate of drug-likeness (QED) is 0.788. The van der Waals surface area contributed by atoms with Crippen LogP contribution in [0.25, 0.3) is 10.9 Å². The molecule has 114 valence electrons. The molecule has 0 aliphatic carbocycles. The second-order valence-electron chi connectivity index (χ2n) is 6.63. The molecule has 0 bridgehead atoms. The van der Waals surface area contributed by atoms with E-state index in [4.69, 9.17) is 0 Å². The van der Waals surface area contributed by atoms with Gasteiger partial charge in [-0.2, -0.15) is 0 Å². The molecule has 0 radical (unpaired) electrons. The number of hydrogen-bond donors (Lipinski definition) is 3. The summed E-state index contributed by atoms with van der Waals surface area (Å²) in [7, 11) is 0. The Balaban J connectivity index is 1.58. The molecule has 0 spiro atoms. The molecule has 1 fully saturated rings. The molecule has 1 aliphatic heterocycles. The fraction of sp³-hybridized carbons (Fsp3) is 0.556. The summed E-state index contributed by atoms with van der Waals surface area (Å²) in [5, 5.41) is 8.37. The Morgan fingerprint density at radius 1 is 1.19 bits per heavy atom.